The summed E-state index contributed by atoms with van der Waals surface area (Å²) in [5.74, 6) is 0.695. The maximum atomic E-state index is 12.5. The van der Waals surface area contributed by atoms with Gasteiger partial charge in [-0.25, -0.2) is 0 Å². The van der Waals surface area contributed by atoms with Gasteiger partial charge in [-0.3, -0.25) is 9.36 Å². The lowest BCUT2D eigenvalue weighted by Crippen LogP contribution is -2.13. The fraction of sp³-hybridized carbons (Fsp3) is 0.643. The summed E-state index contributed by atoms with van der Waals surface area (Å²) in [6.07, 6.45) is 1.34. The van der Waals surface area contributed by atoms with E-state index in [-0.39, 0.29) is 24.2 Å². The van der Waals surface area contributed by atoms with Crippen molar-refractivity contribution < 1.29 is 22.8 Å². The van der Waals surface area contributed by atoms with Crippen LogP contribution in [-0.4, -0.2) is 18.7 Å². The third kappa shape index (κ3) is 3.40. The van der Waals surface area contributed by atoms with Gasteiger partial charge in [0.2, 0.25) is 0 Å². The molecule has 1 rings (SSSR count). The lowest BCUT2D eigenvalue weighted by atomic mass is 9.90. The number of furan rings is 1. The first-order valence-electron chi connectivity index (χ1n) is 6.70. The smallest absolute Gasteiger partial charge is 0.401 e. The monoisotopic (exact) mass is 302 g/mol. The van der Waals surface area contributed by atoms with Crippen LogP contribution in [0.5, 0.6) is 0 Å². The summed E-state index contributed by atoms with van der Waals surface area (Å²) in [5.41, 5.74) is 0.0735. The molecule has 0 aromatic carbocycles. The van der Waals surface area contributed by atoms with E-state index in [0.29, 0.717) is 11.3 Å². The van der Waals surface area contributed by atoms with Crippen LogP contribution in [0.2, 0.25) is 0 Å². The quantitative estimate of drug-likeness (QED) is 0.733. The molecule has 0 radical (unpaired) electrons. The number of carbonyl (C=O) groups excluding carboxylic acids is 1. The zero-order valence-corrected chi connectivity index (χ0v) is 13.9. The Morgan fingerprint density at radius 1 is 1.25 bits per heavy atom. The molecule has 0 unspecified atom stereocenters. The van der Waals surface area contributed by atoms with Gasteiger partial charge in [-0.15, -0.1) is 0 Å². The molecule has 0 saturated heterocycles. The molecule has 5 nitrogen and oxygen atoms in total. The Bertz CT molecular complexity index is 514. The molecule has 0 spiro atoms. The SMILES string of the molecule is CCOP(=O)(OCC)C(=O)c1coc(C(C)(C)C)c1C. The summed E-state index contributed by atoms with van der Waals surface area (Å²) in [6, 6.07) is 0. The van der Waals surface area contributed by atoms with E-state index in [1.54, 1.807) is 20.8 Å². The fourth-order valence-corrected chi connectivity index (χ4v) is 3.51. The summed E-state index contributed by atoms with van der Waals surface area (Å²) in [7, 11) is -3.80. The Hall–Kier alpha value is -0.900. The van der Waals surface area contributed by atoms with Crippen LogP contribution in [0.15, 0.2) is 10.7 Å². The van der Waals surface area contributed by atoms with Crippen LogP contribution in [0.25, 0.3) is 0 Å². The van der Waals surface area contributed by atoms with E-state index in [1.807, 2.05) is 20.8 Å². The van der Waals surface area contributed by atoms with Crippen LogP contribution < -0.4 is 0 Å². The third-order valence-corrected chi connectivity index (χ3v) is 4.73. The minimum atomic E-state index is -3.80. The highest BCUT2D eigenvalue weighted by atomic mass is 31.2. The molecule has 114 valence electrons. The van der Waals surface area contributed by atoms with Crippen LogP contribution in [0.1, 0.15) is 56.3 Å². The minimum Gasteiger partial charge on any atom is -0.468 e. The normalized spacial score (nSPS) is 12.7. The van der Waals surface area contributed by atoms with E-state index < -0.39 is 13.1 Å². The highest BCUT2D eigenvalue weighted by Crippen LogP contribution is 2.52. The second kappa shape index (κ2) is 6.25. The minimum absolute atomic E-state index is 0.145. The Labute approximate surface area is 120 Å². The molecule has 0 amide bonds. The van der Waals surface area contributed by atoms with E-state index in [9.17, 15) is 9.36 Å². The number of hydrogen-bond acceptors (Lipinski definition) is 5. The van der Waals surface area contributed by atoms with Crippen molar-refractivity contribution in [2.75, 3.05) is 13.2 Å². The summed E-state index contributed by atoms with van der Waals surface area (Å²) < 4.78 is 28.1. The van der Waals surface area contributed by atoms with Gasteiger partial charge in [0.1, 0.15) is 12.0 Å². The van der Waals surface area contributed by atoms with Crippen LogP contribution in [0, 0.1) is 6.92 Å². The third-order valence-electron chi connectivity index (χ3n) is 2.80. The Morgan fingerprint density at radius 2 is 1.75 bits per heavy atom. The molecule has 1 aromatic rings. The van der Waals surface area contributed by atoms with Gasteiger partial charge in [-0.05, 0) is 20.8 Å². The molecular formula is C14H23O5P. The van der Waals surface area contributed by atoms with Gasteiger partial charge in [-0.2, -0.15) is 0 Å². The zero-order chi connectivity index (χ0) is 15.6. The van der Waals surface area contributed by atoms with Crippen LogP contribution in [0.3, 0.4) is 0 Å². The van der Waals surface area contributed by atoms with Crippen LogP contribution >= 0.6 is 7.60 Å². The van der Waals surface area contributed by atoms with Gasteiger partial charge in [-0.1, -0.05) is 20.8 Å². The van der Waals surface area contributed by atoms with Crippen LogP contribution in [0.4, 0.5) is 0 Å². The van der Waals surface area contributed by atoms with Crippen molar-refractivity contribution in [1.29, 1.82) is 0 Å². The Kier molecular flexibility index (Phi) is 5.36. The molecule has 0 N–H and O–H groups in total. The molecule has 0 fully saturated rings. The van der Waals surface area contributed by atoms with Gasteiger partial charge in [0.25, 0.3) is 5.52 Å². The number of carbonyl (C=O) groups is 1. The molecule has 1 aromatic heterocycles. The molecule has 0 bridgehead atoms. The summed E-state index contributed by atoms with van der Waals surface area (Å²) in [6.45, 7) is 11.4. The van der Waals surface area contributed by atoms with Crippen molar-refractivity contribution in [1.82, 2.24) is 0 Å². The Morgan fingerprint density at radius 3 is 2.10 bits per heavy atom. The number of hydrogen-bond donors (Lipinski definition) is 0. The molecule has 0 saturated carbocycles. The maximum Gasteiger partial charge on any atom is 0.401 e. The first-order chi connectivity index (χ1) is 9.17. The molecule has 0 aliphatic heterocycles. The van der Waals surface area contributed by atoms with Gasteiger partial charge in [0, 0.05) is 11.0 Å². The number of rotatable bonds is 6. The van der Waals surface area contributed by atoms with E-state index in [4.69, 9.17) is 13.5 Å². The van der Waals surface area contributed by atoms with E-state index >= 15 is 0 Å². The second-order valence-corrected chi connectivity index (χ2v) is 7.41. The molecule has 0 atom stereocenters. The highest BCUT2D eigenvalue weighted by molar-refractivity contribution is 7.72. The second-order valence-electron chi connectivity index (χ2n) is 5.49. The van der Waals surface area contributed by atoms with Gasteiger partial charge < -0.3 is 13.5 Å². The van der Waals surface area contributed by atoms with E-state index in [0.717, 1.165) is 0 Å². The molecule has 1 heterocycles. The van der Waals surface area contributed by atoms with Crippen molar-refractivity contribution >= 4 is 13.1 Å². The molecule has 0 aliphatic rings. The summed E-state index contributed by atoms with van der Waals surface area (Å²) >= 11 is 0. The predicted octanol–water partition coefficient (Wildman–Crippen LogP) is 4.29. The Balaban J connectivity index is 3.21. The average Bonchev–Trinajstić information content (AvgIpc) is 2.70. The van der Waals surface area contributed by atoms with Crippen molar-refractivity contribution in [2.24, 2.45) is 0 Å². The van der Waals surface area contributed by atoms with Crippen molar-refractivity contribution in [2.45, 2.75) is 47.0 Å². The highest BCUT2D eigenvalue weighted by Gasteiger charge is 2.38. The van der Waals surface area contributed by atoms with Crippen LogP contribution in [-0.2, 0) is 19.0 Å². The largest absolute Gasteiger partial charge is 0.468 e. The van der Waals surface area contributed by atoms with Gasteiger partial charge >= 0.3 is 7.60 Å². The molecule has 20 heavy (non-hydrogen) atoms. The van der Waals surface area contributed by atoms with Crippen molar-refractivity contribution in [3.8, 4) is 0 Å². The first kappa shape index (κ1) is 17.2. The topological polar surface area (TPSA) is 65.7 Å². The van der Waals surface area contributed by atoms with Crippen molar-refractivity contribution in [3.05, 3.63) is 23.2 Å². The molecular weight excluding hydrogens is 279 g/mol. The van der Waals surface area contributed by atoms with Gasteiger partial charge in [0.05, 0.1) is 18.8 Å². The first-order valence-corrected chi connectivity index (χ1v) is 8.24. The molecule has 6 heteroatoms. The predicted molar refractivity (Wildman–Crippen MR) is 77.3 cm³/mol. The summed E-state index contributed by atoms with van der Waals surface area (Å²) in [4.78, 5) is 12.4. The van der Waals surface area contributed by atoms with Gasteiger partial charge in [0.15, 0.2) is 0 Å². The fourth-order valence-electron chi connectivity index (χ4n) is 2.01. The standard InChI is InChI=1S/C14H23O5P/c1-7-18-20(16,19-8-2)13(15)11-9-17-12(10(11)3)14(4,5)6/h9H,7-8H2,1-6H3. The van der Waals surface area contributed by atoms with E-state index in [1.165, 1.54) is 6.26 Å². The average molecular weight is 302 g/mol. The maximum absolute atomic E-state index is 12.5. The zero-order valence-electron chi connectivity index (χ0n) is 13.0. The van der Waals surface area contributed by atoms with Crippen molar-refractivity contribution in [3.63, 3.8) is 0 Å². The van der Waals surface area contributed by atoms with E-state index in [2.05, 4.69) is 0 Å². The summed E-state index contributed by atoms with van der Waals surface area (Å²) in [5, 5.41) is 0. The molecule has 0 aliphatic carbocycles. The lowest BCUT2D eigenvalue weighted by Gasteiger charge is -2.17. The lowest BCUT2D eigenvalue weighted by molar-refractivity contribution is 0.1000.